The molecule has 1 fully saturated rings. The molecule has 1 N–H and O–H groups in total. The van der Waals surface area contributed by atoms with Crippen LogP contribution in [0, 0.1) is 19.8 Å². The fourth-order valence-electron chi connectivity index (χ4n) is 4.73. The maximum atomic E-state index is 14.0. The number of allylic oxidation sites excluding steroid dienone is 1. The smallest absolute Gasteiger partial charge is 0.303 e. The second kappa shape index (κ2) is 9.27. The molecule has 0 atom stereocenters. The Morgan fingerprint density at radius 2 is 1.83 bits per heavy atom. The number of rotatable bonds is 7. The molecule has 0 heterocycles. The van der Waals surface area contributed by atoms with Crippen molar-refractivity contribution in [2.24, 2.45) is 5.92 Å². The van der Waals surface area contributed by atoms with E-state index in [0.29, 0.717) is 31.8 Å². The van der Waals surface area contributed by atoms with Crippen molar-refractivity contribution in [3.05, 3.63) is 40.0 Å². The number of alkyl halides is 2. The Balaban J connectivity index is 1.75. The minimum atomic E-state index is -2.58. The summed E-state index contributed by atoms with van der Waals surface area (Å²) in [7, 11) is 0. The average molecular weight is 407 g/mol. The van der Waals surface area contributed by atoms with Crippen LogP contribution in [0.3, 0.4) is 0 Å². The molecule has 160 valence electrons. The first-order valence-corrected chi connectivity index (χ1v) is 10.8. The van der Waals surface area contributed by atoms with E-state index in [1.165, 1.54) is 18.4 Å². The third-order valence-corrected chi connectivity index (χ3v) is 6.71. The van der Waals surface area contributed by atoms with Gasteiger partial charge in [-0.3, -0.25) is 4.79 Å². The number of ether oxygens (including phenoxy) is 1. The van der Waals surface area contributed by atoms with Crippen molar-refractivity contribution in [2.45, 2.75) is 84.0 Å². The molecule has 29 heavy (non-hydrogen) atoms. The van der Waals surface area contributed by atoms with Gasteiger partial charge in [0.05, 0.1) is 0 Å². The molecule has 1 saturated carbocycles. The van der Waals surface area contributed by atoms with Gasteiger partial charge in [-0.2, -0.15) is 0 Å². The van der Waals surface area contributed by atoms with E-state index in [4.69, 9.17) is 9.84 Å². The summed E-state index contributed by atoms with van der Waals surface area (Å²) in [5.74, 6) is -2.18. The lowest BCUT2D eigenvalue weighted by Gasteiger charge is -2.20. The van der Waals surface area contributed by atoms with E-state index < -0.39 is 11.9 Å². The van der Waals surface area contributed by atoms with E-state index in [1.807, 2.05) is 26.0 Å². The van der Waals surface area contributed by atoms with Gasteiger partial charge in [0.15, 0.2) is 0 Å². The third kappa shape index (κ3) is 5.58. The molecule has 2 aliphatic rings. The van der Waals surface area contributed by atoms with Crippen LogP contribution in [0.15, 0.2) is 23.3 Å². The quantitative estimate of drug-likeness (QED) is 0.533. The molecule has 3 nitrogen and oxygen atoms in total. The van der Waals surface area contributed by atoms with Gasteiger partial charge in [-0.25, -0.2) is 8.78 Å². The largest absolute Gasteiger partial charge is 0.489 e. The maximum absolute atomic E-state index is 14.0. The highest BCUT2D eigenvalue weighted by molar-refractivity contribution is 5.67. The molecule has 0 bridgehead atoms. The Morgan fingerprint density at radius 1 is 1.14 bits per heavy atom. The summed E-state index contributed by atoms with van der Waals surface area (Å²) in [6.07, 6.45) is 5.97. The fourth-order valence-corrected chi connectivity index (χ4v) is 4.73. The van der Waals surface area contributed by atoms with Gasteiger partial charge >= 0.3 is 5.97 Å². The number of carboxylic acids is 1. The Kier molecular flexibility index (Phi) is 6.97. The molecular formula is C24H32F2O3. The molecule has 0 aliphatic heterocycles. The molecular weight excluding hydrogens is 374 g/mol. The molecule has 1 aromatic carbocycles. The van der Waals surface area contributed by atoms with Crippen LogP contribution in [0.1, 0.15) is 74.5 Å². The van der Waals surface area contributed by atoms with Crippen molar-refractivity contribution in [1.82, 2.24) is 0 Å². The number of hydrogen-bond donors (Lipinski definition) is 1. The van der Waals surface area contributed by atoms with Crippen LogP contribution in [-0.2, 0) is 11.2 Å². The molecule has 0 spiro atoms. The van der Waals surface area contributed by atoms with Gasteiger partial charge in [0.2, 0.25) is 5.92 Å². The summed E-state index contributed by atoms with van der Waals surface area (Å²) in [4.78, 5) is 10.8. The fraction of sp³-hybridized carbons (Fsp3) is 0.625. The van der Waals surface area contributed by atoms with Crippen molar-refractivity contribution in [2.75, 3.05) is 6.61 Å². The predicted octanol–water partition coefficient (Wildman–Crippen LogP) is 6.40. The minimum Gasteiger partial charge on any atom is -0.489 e. The molecule has 0 radical (unpaired) electrons. The highest BCUT2D eigenvalue weighted by atomic mass is 19.3. The zero-order valence-electron chi connectivity index (χ0n) is 17.5. The van der Waals surface area contributed by atoms with E-state index in [2.05, 4.69) is 0 Å². The highest BCUT2D eigenvalue weighted by Crippen LogP contribution is 2.42. The van der Waals surface area contributed by atoms with E-state index >= 15 is 0 Å². The predicted molar refractivity (Wildman–Crippen MR) is 110 cm³/mol. The van der Waals surface area contributed by atoms with Crippen LogP contribution in [0.4, 0.5) is 8.78 Å². The Hall–Kier alpha value is -1.91. The van der Waals surface area contributed by atoms with Gasteiger partial charge < -0.3 is 9.84 Å². The van der Waals surface area contributed by atoms with Crippen LogP contribution in [0.25, 0.3) is 0 Å². The average Bonchev–Trinajstić information content (AvgIpc) is 3.14. The number of benzene rings is 1. The number of hydrogen-bond acceptors (Lipinski definition) is 2. The highest BCUT2D eigenvalue weighted by Gasteiger charge is 2.34. The standard InChI is InChI=1S/C24H32F2O3/c1-16-17(2)22(9-7-18(16)8-10-23(27)28)29-15-20-11-13-24(25,26)14-12-21(20)19-5-3-4-6-19/h7,9,19H,3-6,8,10-15H2,1-2H3,(H,27,28). The van der Waals surface area contributed by atoms with E-state index in [-0.39, 0.29) is 19.3 Å². The SMILES string of the molecule is Cc1c(CCC(=O)O)ccc(OCC2=C(C3CCCC3)CCC(F)(F)CC2)c1C. The van der Waals surface area contributed by atoms with Crippen molar-refractivity contribution in [3.63, 3.8) is 0 Å². The summed E-state index contributed by atoms with van der Waals surface area (Å²) in [5.41, 5.74) is 5.35. The van der Waals surface area contributed by atoms with Gasteiger partial charge in [-0.15, -0.1) is 0 Å². The normalized spacial score (nSPS) is 20.0. The second-order valence-electron chi connectivity index (χ2n) is 8.62. The molecule has 0 amide bonds. The number of carbonyl (C=O) groups is 1. The summed E-state index contributed by atoms with van der Waals surface area (Å²) < 4.78 is 34.2. The van der Waals surface area contributed by atoms with Gasteiger partial charge in [-0.1, -0.05) is 24.5 Å². The third-order valence-electron chi connectivity index (χ3n) is 6.71. The molecule has 3 rings (SSSR count). The van der Waals surface area contributed by atoms with Gasteiger partial charge in [0.25, 0.3) is 0 Å². The minimum absolute atomic E-state index is 0.0429. The second-order valence-corrected chi connectivity index (χ2v) is 8.62. The van der Waals surface area contributed by atoms with Crippen LogP contribution >= 0.6 is 0 Å². The Labute approximate surface area is 172 Å². The first kappa shape index (κ1) is 21.8. The van der Waals surface area contributed by atoms with E-state index in [1.54, 1.807) is 0 Å². The molecule has 1 aromatic rings. The number of carboxylic acid groups (broad SMARTS) is 1. The Morgan fingerprint density at radius 3 is 2.52 bits per heavy atom. The first-order chi connectivity index (χ1) is 13.8. The van der Waals surface area contributed by atoms with Crippen molar-refractivity contribution in [3.8, 4) is 5.75 Å². The summed E-state index contributed by atoms with van der Waals surface area (Å²) in [6.45, 7) is 4.33. The molecule has 0 unspecified atom stereocenters. The number of aryl methyl sites for hydroxylation is 1. The number of halogens is 2. The zero-order valence-corrected chi connectivity index (χ0v) is 17.5. The van der Waals surface area contributed by atoms with Crippen molar-refractivity contribution >= 4 is 5.97 Å². The van der Waals surface area contributed by atoms with Gasteiger partial charge in [0, 0.05) is 19.3 Å². The lowest BCUT2D eigenvalue weighted by Crippen LogP contribution is -2.14. The summed E-state index contributed by atoms with van der Waals surface area (Å²) >= 11 is 0. The van der Waals surface area contributed by atoms with Crippen LogP contribution < -0.4 is 4.74 Å². The van der Waals surface area contributed by atoms with Crippen molar-refractivity contribution < 1.29 is 23.4 Å². The number of aliphatic carboxylic acids is 1. The van der Waals surface area contributed by atoms with Gasteiger partial charge in [-0.05, 0) is 80.2 Å². The lowest BCUT2D eigenvalue weighted by atomic mass is 9.89. The lowest BCUT2D eigenvalue weighted by molar-refractivity contribution is -0.136. The van der Waals surface area contributed by atoms with Crippen molar-refractivity contribution in [1.29, 1.82) is 0 Å². The summed E-state index contributed by atoms with van der Waals surface area (Å²) in [5, 5.41) is 8.91. The molecule has 2 aliphatic carbocycles. The van der Waals surface area contributed by atoms with E-state index in [0.717, 1.165) is 40.9 Å². The monoisotopic (exact) mass is 406 g/mol. The Bertz CT molecular complexity index is 777. The van der Waals surface area contributed by atoms with E-state index in [9.17, 15) is 13.6 Å². The zero-order chi connectivity index (χ0) is 21.0. The van der Waals surface area contributed by atoms with Gasteiger partial charge in [0.1, 0.15) is 12.4 Å². The first-order valence-electron chi connectivity index (χ1n) is 10.8. The molecule has 5 heteroatoms. The molecule has 0 aromatic heterocycles. The summed E-state index contributed by atoms with van der Waals surface area (Å²) in [6, 6.07) is 3.81. The maximum Gasteiger partial charge on any atom is 0.303 e. The molecule has 0 saturated heterocycles. The van der Waals surface area contributed by atoms with Crippen LogP contribution in [0.5, 0.6) is 5.75 Å². The van der Waals surface area contributed by atoms with Crippen LogP contribution in [-0.4, -0.2) is 23.6 Å². The topological polar surface area (TPSA) is 46.5 Å². The van der Waals surface area contributed by atoms with Crippen LogP contribution in [0.2, 0.25) is 0 Å².